The van der Waals surface area contributed by atoms with E-state index in [1.54, 1.807) is 6.07 Å². The fraction of sp³-hybridized carbons (Fsp3) is 0.611. The molecule has 1 fully saturated rings. The monoisotopic (exact) mass is 288 g/mol. The van der Waals surface area contributed by atoms with Crippen molar-refractivity contribution in [1.82, 2.24) is 5.32 Å². The van der Waals surface area contributed by atoms with Crippen molar-refractivity contribution in [1.29, 1.82) is 0 Å². The number of carbonyl (C=O) groups is 1. The molecule has 1 aliphatic carbocycles. The lowest BCUT2D eigenvalue weighted by atomic mass is 9.74. The van der Waals surface area contributed by atoms with Gasteiger partial charge in [-0.05, 0) is 55.2 Å². The van der Waals surface area contributed by atoms with Gasteiger partial charge in [0.25, 0.3) is 5.91 Å². The Hall–Kier alpha value is -1.51. The molecule has 0 aromatic heterocycles. The van der Waals surface area contributed by atoms with Gasteiger partial charge in [-0.1, -0.05) is 33.3 Å². The predicted molar refractivity (Wildman–Crippen MR) is 88.2 cm³/mol. The zero-order valence-corrected chi connectivity index (χ0v) is 13.6. The first-order valence-corrected chi connectivity index (χ1v) is 8.05. The number of nitrogens with two attached hydrogens (primary N) is 1. The Morgan fingerprint density at radius 1 is 1.33 bits per heavy atom. The molecule has 1 aromatic carbocycles. The van der Waals surface area contributed by atoms with Crippen LogP contribution in [0, 0.1) is 24.7 Å². The minimum absolute atomic E-state index is 0.00597. The first kappa shape index (κ1) is 15.9. The van der Waals surface area contributed by atoms with E-state index in [-0.39, 0.29) is 11.9 Å². The summed E-state index contributed by atoms with van der Waals surface area (Å²) in [6, 6.07) is 5.83. The Labute approximate surface area is 128 Å². The first-order valence-electron chi connectivity index (χ1n) is 8.05. The predicted octanol–water partition coefficient (Wildman–Crippen LogP) is 3.77. The van der Waals surface area contributed by atoms with Crippen molar-refractivity contribution in [2.24, 2.45) is 17.8 Å². The van der Waals surface area contributed by atoms with E-state index in [4.69, 9.17) is 5.73 Å². The summed E-state index contributed by atoms with van der Waals surface area (Å²) in [5.41, 5.74) is 8.27. The quantitative estimate of drug-likeness (QED) is 0.832. The van der Waals surface area contributed by atoms with Crippen LogP contribution in [0.5, 0.6) is 0 Å². The molecule has 1 amide bonds. The number of rotatable bonds is 3. The van der Waals surface area contributed by atoms with Gasteiger partial charge in [-0.2, -0.15) is 0 Å². The lowest BCUT2D eigenvalue weighted by Crippen LogP contribution is -2.45. The van der Waals surface area contributed by atoms with Gasteiger partial charge in [0.2, 0.25) is 0 Å². The van der Waals surface area contributed by atoms with Crippen LogP contribution in [0.3, 0.4) is 0 Å². The maximum absolute atomic E-state index is 12.5. The molecule has 0 heterocycles. The van der Waals surface area contributed by atoms with Gasteiger partial charge in [0, 0.05) is 17.3 Å². The highest BCUT2D eigenvalue weighted by molar-refractivity contribution is 5.95. The number of aryl methyl sites for hydroxylation is 1. The van der Waals surface area contributed by atoms with E-state index in [2.05, 4.69) is 26.1 Å². The first-order chi connectivity index (χ1) is 9.88. The molecule has 1 saturated carbocycles. The normalized spacial score (nSPS) is 25.9. The summed E-state index contributed by atoms with van der Waals surface area (Å²) in [4.78, 5) is 12.5. The second kappa shape index (κ2) is 6.50. The SMILES string of the molecule is Cc1ccc(C(=O)NC2CC(C)CCC2C(C)C)cc1N. The third-order valence-electron chi connectivity index (χ3n) is 4.88. The smallest absolute Gasteiger partial charge is 0.251 e. The number of hydrogen-bond donors (Lipinski definition) is 2. The summed E-state index contributed by atoms with van der Waals surface area (Å²) in [5.74, 6) is 1.87. The number of anilines is 1. The van der Waals surface area contributed by atoms with Crippen LogP contribution in [0.4, 0.5) is 5.69 Å². The Bertz CT molecular complexity index is 510. The van der Waals surface area contributed by atoms with Gasteiger partial charge in [-0.25, -0.2) is 0 Å². The fourth-order valence-electron chi connectivity index (χ4n) is 3.40. The van der Waals surface area contributed by atoms with E-state index in [1.165, 1.54) is 12.8 Å². The third-order valence-corrected chi connectivity index (χ3v) is 4.88. The van der Waals surface area contributed by atoms with Crippen LogP contribution in [0.15, 0.2) is 18.2 Å². The summed E-state index contributed by atoms with van der Waals surface area (Å²) in [6.45, 7) is 8.74. The molecule has 3 atom stereocenters. The summed E-state index contributed by atoms with van der Waals surface area (Å²) in [7, 11) is 0. The van der Waals surface area contributed by atoms with Gasteiger partial charge in [0.1, 0.15) is 0 Å². The molecule has 0 aliphatic heterocycles. The molecule has 0 saturated heterocycles. The third kappa shape index (κ3) is 3.78. The maximum Gasteiger partial charge on any atom is 0.251 e. The van der Waals surface area contributed by atoms with Gasteiger partial charge in [0.15, 0.2) is 0 Å². The summed E-state index contributed by atoms with van der Waals surface area (Å²) in [5, 5.41) is 3.25. The maximum atomic E-state index is 12.5. The highest BCUT2D eigenvalue weighted by Gasteiger charge is 2.31. The molecule has 21 heavy (non-hydrogen) atoms. The summed E-state index contributed by atoms with van der Waals surface area (Å²) >= 11 is 0. The molecule has 3 unspecified atom stereocenters. The van der Waals surface area contributed by atoms with Crippen LogP contribution in [0.2, 0.25) is 0 Å². The molecule has 3 N–H and O–H groups in total. The number of carbonyl (C=O) groups excluding carboxylic acids is 1. The highest BCUT2D eigenvalue weighted by atomic mass is 16.1. The van der Waals surface area contributed by atoms with Crippen LogP contribution in [0.1, 0.15) is 56.0 Å². The van der Waals surface area contributed by atoms with E-state index < -0.39 is 0 Å². The van der Waals surface area contributed by atoms with Crippen molar-refractivity contribution in [2.75, 3.05) is 5.73 Å². The van der Waals surface area contributed by atoms with Crippen LogP contribution >= 0.6 is 0 Å². The molecule has 2 rings (SSSR count). The molecular weight excluding hydrogens is 260 g/mol. The van der Waals surface area contributed by atoms with E-state index in [0.29, 0.717) is 29.0 Å². The van der Waals surface area contributed by atoms with E-state index in [9.17, 15) is 4.79 Å². The number of nitrogen functional groups attached to an aromatic ring is 1. The van der Waals surface area contributed by atoms with Crippen LogP contribution in [0.25, 0.3) is 0 Å². The molecule has 116 valence electrons. The second-order valence-corrected chi connectivity index (χ2v) is 6.98. The Kier molecular flexibility index (Phi) is 4.92. The molecule has 3 nitrogen and oxygen atoms in total. The Morgan fingerprint density at radius 3 is 2.67 bits per heavy atom. The van der Waals surface area contributed by atoms with Crippen LogP contribution in [-0.4, -0.2) is 11.9 Å². The summed E-state index contributed by atoms with van der Waals surface area (Å²) < 4.78 is 0. The van der Waals surface area contributed by atoms with Gasteiger partial charge in [0.05, 0.1) is 0 Å². The molecule has 1 aromatic rings. The minimum atomic E-state index is 0.00597. The van der Waals surface area contributed by atoms with E-state index >= 15 is 0 Å². The van der Waals surface area contributed by atoms with Crippen molar-refractivity contribution in [3.63, 3.8) is 0 Å². The van der Waals surface area contributed by atoms with Crippen LogP contribution in [-0.2, 0) is 0 Å². The zero-order valence-electron chi connectivity index (χ0n) is 13.6. The van der Waals surface area contributed by atoms with Gasteiger partial charge >= 0.3 is 0 Å². The Balaban J connectivity index is 2.10. The minimum Gasteiger partial charge on any atom is -0.398 e. The molecule has 1 aliphatic rings. The van der Waals surface area contributed by atoms with Gasteiger partial charge < -0.3 is 11.1 Å². The Morgan fingerprint density at radius 2 is 2.05 bits per heavy atom. The van der Waals surface area contributed by atoms with Gasteiger partial charge in [-0.15, -0.1) is 0 Å². The van der Waals surface area contributed by atoms with Crippen molar-refractivity contribution >= 4 is 11.6 Å². The van der Waals surface area contributed by atoms with Crippen molar-refractivity contribution in [3.8, 4) is 0 Å². The average Bonchev–Trinajstić information content (AvgIpc) is 2.41. The standard InChI is InChI=1S/C18H28N2O/c1-11(2)15-8-5-12(3)9-17(15)20-18(21)14-7-6-13(4)16(19)10-14/h6-7,10-12,15,17H,5,8-9,19H2,1-4H3,(H,20,21). The fourth-order valence-corrected chi connectivity index (χ4v) is 3.40. The van der Waals surface area contributed by atoms with E-state index in [0.717, 1.165) is 12.0 Å². The number of benzene rings is 1. The second-order valence-electron chi connectivity index (χ2n) is 6.98. The van der Waals surface area contributed by atoms with Crippen LogP contribution < -0.4 is 11.1 Å². The lowest BCUT2D eigenvalue weighted by Gasteiger charge is -2.37. The van der Waals surface area contributed by atoms with Crippen molar-refractivity contribution in [2.45, 2.75) is 53.0 Å². The molecule has 0 radical (unpaired) electrons. The lowest BCUT2D eigenvalue weighted by molar-refractivity contribution is 0.0868. The van der Waals surface area contributed by atoms with E-state index in [1.807, 2.05) is 19.1 Å². The number of nitrogens with one attached hydrogen (secondary N) is 1. The van der Waals surface area contributed by atoms with Crippen molar-refractivity contribution in [3.05, 3.63) is 29.3 Å². The van der Waals surface area contributed by atoms with Crippen molar-refractivity contribution < 1.29 is 4.79 Å². The zero-order chi connectivity index (χ0) is 15.6. The highest BCUT2D eigenvalue weighted by Crippen LogP contribution is 2.33. The average molecular weight is 288 g/mol. The number of hydrogen-bond acceptors (Lipinski definition) is 2. The topological polar surface area (TPSA) is 55.1 Å². The molecule has 0 bridgehead atoms. The summed E-state index contributed by atoms with van der Waals surface area (Å²) in [6.07, 6.45) is 3.56. The molecule has 3 heteroatoms. The number of amides is 1. The molecule has 0 spiro atoms. The molecular formula is C18H28N2O. The largest absolute Gasteiger partial charge is 0.398 e. The van der Waals surface area contributed by atoms with Gasteiger partial charge in [-0.3, -0.25) is 4.79 Å².